The van der Waals surface area contributed by atoms with E-state index >= 15 is 0 Å². The van der Waals surface area contributed by atoms with Crippen LogP contribution in [0.15, 0.2) is 23.4 Å². The van der Waals surface area contributed by atoms with Crippen LogP contribution in [0.3, 0.4) is 0 Å². The van der Waals surface area contributed by atoms with Crippen molar-refractivity contribution >= 4 is 15.7 Å². The third-order valence-corrected chi connectivity index (χ3v) is 4.68. The van der Waals surface area contributed by atoms with Gasteiger partial charge in [0.05, 0.1) is 5.69 Å². The Morgan fingerprint density at radius 2 is 2.24 bits per heavy atom. The van der Waals surface area contributed by atoms with Gasteiger partial charge in [0.1, 0.15) is 4.90 Å². The fraction of sp³-hybridized carbons (Fsp3) is 0.545. The zero-order chi connectivity index (χ0) is 12.3. The van der Waals surface area contributed by atoms with Gasteiger partial charge in [-0.3, -0.25) is 4.98 Å². The van der Waals surface area contributed by atoms with Gasteiger partial charge in [-0.2, -0.15) is 0 Å². The van der Waals surface area contributed by atoms with E-state index in [0.29, 0.717) is 12.5 Å². The lowest BCUT2D eigenvalue weighted by molar-refractivity contribution is 0.297. The Morgan fingerprint density at radius 1 is 1.47 bits per heavy atom. The standard InChI is InChI=1S/C11H17N3O2S/c12-10-5-6-13-8-11(10)17(15,16)14-7-4-9-2-1-3-9/h5-6,8-9,14H,1-4,7H2,(H2,12,13). The van der Waals surface area contributed by atoms with Crippen LogP contribution >= 0.6 is 0 Å². The fourth-order valence-electron chi connectivity index (χ4n) is 1.87. The van der Waals surface area contributed by atoms with Crippen LogP contribution in [-0.4, -0.2) is 19.9 Å². The van der Waals surface area contributed by atoms with Gasteiger partial charge in [-0.1, -0.05) is 19.3 Å². The van der Waals surface area contributed by atoms with Gasteiger partial charge in [-0.15, -0.1) is 0 Å². The molecule has 0 atom stereocenters. The fourth-order valence-corrected chi connectivity index (χ4v) is 2.99. The molecule has 0 amide bonds. The van der Waals surface area contributed by atoms with E-state index in [9.17, 15) is 8.42 Å². The molecule has 1 aromatic rings. The first-order chi connectivity index (χ1) is 8.09. The van der Waals surface area contributed by atoms with Gasteiger partial charge in [0.25, 0.3) is 0 Å². The van der Waals surface area contributed by atoms with Crippen LogP contribution in [0.4, 0.5) is 5.69 Å². The molecule has 1 saturated carbocycles. The normalized spacial score (nSPS) is 16.7. The molecule has 0 radical (unpaired) electrons. The van der Waals surface area contributed by atoms with Gasteiger partial charge >= 0.3 is 0 Å². The molecule has 2 rings (SSSR count). The van der Waals surface area contributed by atoms with Gasteiger partial charge in [0.15, 0.2) is 0 Å². The summed E-state index contributed by atoms with van der Waals surface area (Å²) in [4.78, 5) is 3.85. The van der Waals surface area contributed by atoms with E-state index in [2.05, 4.69) is 9.71 Å². The Kier molecular flexibility index (Phi) is 3.63. The second-order valence-electron chi connectivity index (χ2n) is 4.40. The zero-order valence-electron chi connectivity index (χ0n) is 9.59. The second-order valence-corrected chi connectivity index (χ2v) is 6.13. The minimum Gasteiger partial charge on any atom is -0.398 e. The predicted octanol–water partition coefficient (Wildman–Crippen LogP) is 1.13. The molecular weight excluding hydrogens is 238 g/mol. The Hall–Kier alpha value is -1.14. The highest BCUT2D eigenvalue weighted by atomic mass is 32.2. The van der Waals surface area contributed by atoms with Crippen LogP contribution in [0.1, 0.15) is 25.7 Å². The number of anilines is 1. The maximum Gasteiger partial charge on any atom is 0.244 e. The van der Waals surface area contributed by atoms with E-state index in [1.807, 2.05) is 0 Å². The number of hydrogen-bond donors (Lipinski definition) is 2. The molecule has 1 heterocycles. The number of rotatable bonds is 5. The Bertz CT molecular complexity index is 483. The quantitative estimate of drug-likeness (QED) is 0.826. The van der Waals surface area contributed by atoms with Crippen molar-refractivity contribution in [3.05, 3.63) is 18.5 Å². The molecule has 0 saturated heterocycles. The largest absolute Gasteiger partial charge is 0.398 e. The topological polar surface area (TPSA) is 85.1 Å². The molecule has 0 aliphatic heterocycles. The number of hydrogen-bond acceptors (Lipinski definition) is 4. The Balaban J connectivity index is 1.96. The molecule has 3 N–H and O–H groups in total. The summed E-state index contributed by atoms with van der Waals surface area (Å²) in [5.41, 5.74) is 5.85. The lowest BCUT2D eigenvalue weighted by Gasteiger charge is -2.25. The number of nitrogens with one attached hydrogen (secondary N) is 1. The Labute approximate surface area is 101 Å². The highest BCUT2D eigenvalue weighted by Crippen LogP contribution is 2.28. The van der Waals surface area contributed by atoms with E-state index in [-0.39, 0.29) is 10.6 Å². The SMILES string of the molecule is Nc1ccncc1S(=O)(=O)NCCC1CCC1. The Morgan fingerprint density at radius 3 is 2.82 bits per heavy atom. The minimum absolute atomic E-state index is 0.0635. The number of sulfonamides is 1. The van der Waals surface area contributed by atoms with E-state index in [1.165, 1.54) is 37.7 Å². The monoisotopic (exact) mass is 255 g/mol. The number of nitrogen functional groups attached to an aromatic ring is 1. The van der Waals surface area contributed by atoms with Crippen LogP contribution in [0, 0.1) is 5.92 Å². The maximum absolute atomic E-state index is 11.9. The first kappa shape index (κ1) is 12.3. The summed E-state index contributed by atoms with van der Waals surface area (Å²) in [7, 11) is -3.51. The van der Waals surface area contributed by atoms with Crippen LogP contribution in [0.2, 0.25) is 0 Å². The molecule has 1 aliphatic carbocycles. The highest BCUT2D eigenvalue weighted by molar-refractivity contribution is 7.89. The lowest BCUT2D eigenvalue weighted by atomic mass is 9.83. The zero-order valence-corrected chi connectivity index (χ0v) is 10.4. The molecule has 94 valence electrons. The molecule has 0 aromatic carbocycles. The third-order valence-electron chi connectivity index (χ3n) is 3.18. The molecule has 0 bridgehead atoms. The van der Waals surface area contributed by atoms with Crippen molar-refractivity contribution in [2.45, 2.75) is 30.6 Å². The molecule has 1 aromatic heterocycles. The van der Waals surface area contributed by atoms with Crippen molar-refractivity contribution in [3.8, 4) is 0 Å². The van der Waals surface area contributed by atoms with Crippen LogP contribution in [0.25, 0.3) is 0 Å². The molecule has 1 aliphatic rings. The molecule has 5 nitrogen and oxygen atoms in total. The summed E-state index contributed by atoms with van der Waals surface area (Å²) in [6, 6.07) is 1.49. The highest BCUT2D eigenvalue weighted by Gasteiger charge is 2.20. The van der Waals surface area contributed by atoms with Crippen LogP contribution in [0.5, 0.6) is 0 Å². The number of nitrogens with zero attached hydrogens (tertiary/aromatic N) is 1. The summed E-state index contributed by atoms with van der Waals surface area (Å²) >= 11 is 0. The maximum atomic E-state index is 11.9. The summed E-state index contributed by atoms with van der Waals surface area (Å²) in [6.45, 7) is 0.474. The molecule has 1 fully saturated rings. The molecule has 6 heteroatoms. The van der Waals surface area contributed by atoms with Gasteiger partial charge in [-0.05, 0) is 18.4 Å². The minimum atomic E-state index is -3.51. The van der Waals surface area contributed by atoms with Crippen molar-refractivity contribution in [2.24, 2.45) is 5.92 Å². The number of aromatic nitrogens is 1. The second kappa shape index (κ2) is 5.01. The summed E-state index contributed by atoms with van der Waals surface area (Å²) in [6.07, 6.45) is 7.36. The van der Waals surface area contributed by atoms with Crippen molar-refractivity contribution in [2.75, 3.05) is 12.3 Å². The van der Waals surface area contributed by atoms with Crippen molar-refractivity contribution < 1.29 is 8.42 Å². The molecule has 17 heavy (non-hydrogen) atoms. The summed E-state index contributed by atoms with van der Waals surface area (Å²) in [5.74, 6) is 0.684. The summed E-state index contributed by atoms with van der Waals surface area (Å²) in [5, 5.41) is 0. The summed E-state index contributed by atoms with van der Waals surface area (Å²) < 4.78 is 26.4. The van der Waals surface area contributed by atoms with E-state index in [0.717, 1.165) is 6.42 Å². The van der Waals surface area contributed by atoms with E-state index in [4.69, 9.17) is 5.73 Å². The average Bonchev–Trinajstić information content (AvgIpc) is 2.22. The average molecular weight is 255 g/mol. The predicted molar refractivity (Wildman–Crippen MR) is 65.8 cm³/mol. The smallest absolute Gasteiger partial charge is 0.244 e. The molecular formula is C11H17N3O2S. The van der Waals surface area contributed by atoms with E-state index in [1.54, 1.807) is 0 Å². The molecule has 0 spiro atoms. The molecule has 0 unspecified atom stereocenters. The van der Waals surface area contributed by atoms with Gasteiger partial charge < -0.3 is 5.73 Å². The third kappa shape index (κ3) is 2.95. The number of pyridine rings is 1. The van der Waals surface area contributed by atoms with Crippen LogP contribution < -0.4 is 10.5 Å². The van der Waals surface area contributed by atoms with Gasteiger partial charge in [-0.25, -0.2) is 13.1 Å². The number of nitrogens with two attached hydrogens (primary N) is 1. The van der Waals surface area contributed by atoms with E-state index < -0.39 is 10.0 Å². The van der Waals surface area contributed by atoms with Crippen LogP contribution in [-0.2, 0) is 10.0 Å². The van der Waals surface area contributed by atoms with Gasteiger partial charge in [0, 0.05) is 18.9 Å². The van der Waals surface area contributed by atoms with Crippen molar-refractivity contribution in [1.29, 1.82) is 0 Å². The first-order valence-corrected chi connectivity index (χ1v) is 7.27. The van der Waals surface area contributed by atoms with Crippen molar-refractivity contribution in [3.63, 3.8) is 0 Å². The first-order valence-electron chi connectivity index (χ1n) is 5.79. The van der Waals surface area contributed by atoms with Gasteiger partial charge in [0.2, 0.25) is 10.0 Å². The van der Waals surface area contributed by atoms with Crippen molar-refractivity contribution in [1.82, 2.24) is 9.71 Å². The lowest BCUT2D eigenvalue weighted by Crippen LogP contribution is -2.28.